The number of alkyl halides is 3. The van der Waals surface area contributed by atoms with Crippen molar-refractivity contribution >= 4 is 5.91 Å². The van der Waals surface area contributed by atoms with Gasteiger partial charge in [0, 0.05) is 12.7 Å². The average Bonchev–Trinajstić information content (AvgIpc) is 2.75. The Labute approximate surface area is 119 Å². The van der Waals surface area contributed by atoms with Crippen LogP contribution in [-0.4, -0.2) is 35.9 Å². The van der Waals surface area contributed by atoms with E-state index in [0.717, 1.165) is 12.1 Å². The standard InChI is InChI=1S/C13H15F3N2O3/c1-12(2)20-7-9(21-12)6-18-11(19)10-4-3-8(5-17-10)13(14,15)16/h3-5,9H,6-7H2,1-2H3,(H,18,19). The number of amides is 1. The predicted octanol–water partition coefficient (Wildman–Crippen LogP) is 1.98. The van der Waals surface area contributed by atoms with Gasteiger partial charge in [0.15, 0.2) is 5.79 Å². The maximum atomic E-state index is 12.4. The zero-order valence-electron chi connectivity index (χ0n) is 11.5. The fourth-order valence-electron chi connectivity index (χ4n) is 1.86. The van der Waals surface area contributed by atoms with Gasteiger partial charge in [-0.05, 0) is 26.0 Å². The predicted molar refractivity (Wildman–Crippen MR) is 66.5 cm³/mol. The van der Waals surface area contributed by atoms with Crippen LogP contribution in [0, 0.1) is 0 Å². The van der Waals surface area contributed by atoms with Gasteiger partial charge >= 0.3 is 6.18 Å². The molecule has 1 unspecified atom stereocenters. The van der Waals surface area contributed by atoms with E-state index in [2.05, 4.69) is 10.3 Å². The Balaban J connectivity index is 1.89. The van der Waals surface area contributed by atoms with Gasteiger partial charge in [-0.1, -0.05) is 0 Å². The van der Waals surface area contributed by atoms with Gasteiger partial charge in [-0.25, -0.2) is 0 Å². The second-order valence-corrected chi connectivity index (χ2v) is 5.09. The van der Waals surface area contributed by atoms with E-state index >= 15 is 0 Å². The highest BCUT2D eigenvalue weighted by Gasteiger charge is 2.33. The van der Waals surface area contributed by atoms with Crippen LogP contribution in [0.1, 0.15) is 29.9 Å². The summed E-state index contributed by atoms with van der Waals surface area (Å²) in [5.74, 6) is -1.25. The van der Waals surface area contributed by atoms with Crippen LogP contribution < -0.4 is 5.32 Å². The molecule has 0 aliphatic carbocycles. The van der Waals surface area contributed by atoms with Crippen LogP contribution in [-0.2, 0) is 15.7 Å². The Kier molecular flexibility index (Phi) is 4.20. The number of carbonyl (C=O) groups is 1. The lowest BCUT2D eigenvalue weighted by Crippen LogP contribution is -2.34. The summed E-state index contributed by atoms with van der Waals surface area (Å²) in [6.07, 6.45) is -4.13. The highest BCUT2D eigenvalue weighted by Crippen LogP contribution is 2.28. The van der Waals surface area contributed by atoms with Crippen LogP contribution in [0.4, 0.5) is 13.2 Å². The second-order valence-electron chi connectivity index (χ2n) is 5.09. The van der Waals surface area contributed by atoms with Crippen molar-refractivity contribution < 1.29 is 27.4 Å². The van der Waals surface area contributed by atoms with Crippen LogP contribution in [0.15, 0.2) is 18.3 Å². The lowest BCUT2D eigenvalue weighted by atomic mass is 10.2. The maximum absolute atomic E-state index is 12.4. The Morgan fingerprint density at radius 1 is 1.48 bits per heavy atom. The third kappa shape index (κ3) is 4.15. The quantitative estimate of drug-likeness (QED) is 0.927. The minimum Gasteiger partial charge on any atom is -0.348 e. The molecule has 1 atom stereocenters. The van der Waals surface area contributed by atoms with Gasteiger partial charge in [0.2, 0.25) is 0 Å². The number of aromatic nitrogens is 1. The molecule has 1 aromatic heterocycles. The lowest BCUT2D eigenvalue weighted by Gasteiger charge is -2.17. The number of ether oxygens (including phenoxy) is 2. The summed E-state index contributed by atoms with van der Waals surface area (Å²) in [4.78, 5) is 15.3. The molecule has 1 aliphatic rings. The first-order chi connectivity index (χ1) is 9.67. The molecule has 1 N–H and O–H groups in total. The van der Waals surface area contributed by atoms with E-state index in [1.165, 1.54) is 0 Å². The number of nitrogens with one attached hydrogen (secondary N) is 1. The zero-order chi connectivity index (χ0) is 15.7. The number of nitrogens with zero attached hydrogens (tertiary/aromatic N) is 1. The van der Waals surface area contributed by atoms with Gasteiger partial charge in [-0.3, -0.25) is 9.78 Å². The molecule has 1 fully saturated rings. The molecule has 1 aromatic rings. The summed E-state index contributed by atoms with van der Waals surface area (Å²) >= 11 is 0. The molecule has 21 heavy (non-hydrogen) atoms. The molecule has 1 aliphatic heterocycles. The van der Waals surface area contributed by atoms with Crippen molar-refractivity contribution in [1.29, 1.82) is 0 Å². The number of carbonyl (C=O) groups excluding carboxylic acids is 1. The van der Waals surface area contributed by atoms with Crippen molar-refractivity contribution in [3.63, 3.8) is 0 Å². The monoisotopic (exact) mass is 304 g/mol. The maximum Gasteiger partial charge on any atom is 0.417 e. The molecule has 1 amide bonds. The normalized spacial score (nSPS) is 21.3. The minimum absolute atomic E-state index is 0.0822. The van der Waals surface area contributed by atoms with Crippen molar-refractivity contribution in [2.75, 3.05) is 13.2 Å². The van der Waals surface area contributed by atoms with Gasteiger partial charge in [-0.2, -0.15) is 13.2 Å². The highest BCUT2D eigenvalue weighted by molar-refractivity contribution is 5.92. The molecule has 116 valence electrons. The van der Waals surface area contributed by atoms with Crippen molar-refractivity contribution in [2.45, 2.75) is 31.9 Å². The van der Waals surface area contributed by atoms with Crippen molar-refractivity contribution in [3.8, 4) is 0 Å². The number of rotatable bonds is 3. The molecule has 1 saturated heterocycles. The molecule has 0 saturated carbocycles. The average molecular weight is 304 g/mol. The summed E-state index contributed by atoms with van der Waals surface area (Å²) in [6.45, 7) is 4.05. The van der Waals surface area contributed by atoms with E-state index in [1.54, 1.807) is 13.8 Å². The number of hydrogen-bond acceptors (Lipinski definition) is 4. The smallest absolute Gasteiger partial charge is 0.348 e. The Hall–Kier alpha value is -1.67. The van der Waals surface area contributed by atoms with Crippen molar-refractivity contribution in [1.82, 2.24) is 10.3 Å². The Morgan fingerprint density at radius 3 is 2.67 bits per heavy atom. The van der Waals surface area contributed by atoms with Gasteiger partial charge in [0.1, 0.15) is 11.8 Å². The third-order valence-electron chi connectivity index (χ3n) is 2.88. The van der Waals surface area contributed by atoms with Crippen LogP contribution in [0.25, 0.3) is 0 Å². The molecule has 0 radical (unpaired) electrons. The van der Waals surface area contributed by atoms with Gasteiger partial charge in [0.25, 0.3) is 5.91 Å². The van der Waals surface area contributed by atoms with E-state index in [-0.39, 0.29) is 18.3 Å². The Bertz CT molecular complexity index is 514. The molecule has 0 aromatic carbocycles. The summed E-state index contributed by atoms with van der Waals surface area (Å²) in [6, 6.07) is 1.86. The zero-order valence-corrected chi connectivity index (χ0v) is 11.5. The largest absolute Gasteiger partial charge is 0.417 e. The fraction of sp³-hybridized carbons (Fsp3) is 0.538. The topological polar surface area (TPSA) is 60.5 Å². The van der Waals surface area contributed by atoms with Gasteiger partial charge in [0.05, 0.1) is 12.2 Å². The second kappa shape index (κ2) is 5.61. The molecule has 0 bridgehead atoms. The first-order valence-electron chi connectivity index (χ1n) is 6.30. The molecule has 2 heterocycles. The summed E-state index contributed by atoms with van der Waals surface area (Å²) in [7, 11) is 0. The number of hydrogen-bond donors (Lipinski definition) is 1. The Morgan fingerprint density at radius 2 is 2.19 bits per heavy atom. The first-order valence-corrected chi connectivity index (χ1v) is 6.30. The molecule has 8 heteroatoms. The van der Waals surface area contributed by atoms with Crippen LogP contribution in [0.3, 0.4) is 0 Å². The summed E-state index contributed by atoms with van der Waals surface area (Å²) < 4.78 is 47.9. The molecule has 0 spiro atoms. The SMILES string of the molecule is CC1(C)OCC(CNC(=O)c2ccc(C(F)(F)F)cn2)O1. The summed E-state index contributed by atoms with van der Waals surface area (Å²) in [5.41, 5.74) is -0.977. The third-order valence-corrected chi connectivity index (χ3v) is 2.88. The highest BCUT2D eigenvalue weighted by atomic mass is 19.4. The van der Waals surface area contributed by atoms with Crippen LogP contribution >= 0.6 is 0 Å². The fourth-order valence-corrected chi connectivity index (χ4v) is 1.86. The number of halogens is 3. The van der Waals surface area contributed by atoms with Crippen LogP contribution in [0.5, 0.6) is 0 Å². The molecular formula is C13H15F3N2O3. The van der Waals surface area contributed by atoms with E-state index < -0.39 is 23.4 Å². The molecule has 2 rings (SSSR count). The van der Waals surface area contributed by atoms with Crippen LogP contribution in [0.2, 0.25) is 0 Å². The summed E-state index contributed by atoms with van der Waals surface area (Å²) in [5, 5.41) is 2.55. The minimum atomic E-state index is -4.47. The van der Waals surface area contributed by atoms with Gasteiger partial charge < -0.3 is 14.8 Å². The molecular weight excluding hydrogens is 289 g/mol. The lowest BCUT2D eigenvalue weighted by molar-refractivity contribution is -0.138. The van der Waals surface area contributed by atoms with E-state index in [4.69, 9.17) is 9.47 Å². The van der Waals surface area contributed by atoms with Crippen molar-refractivity contribution in [2.24, 2.45) is 0 Å². The van der Waals surface area contributed by atoms with E-state index in [1.807, 2.05) is 0 Å². The van der Waals surface area contributed by atoms with Gasteiger partial charge in [-0.15, -0.1) is 0 Å². The first kappa shape index (κ1) is 15.7. The van der Waals surface area contributed by atoms with E-state index in [0.29, 0.717) is 12.8 Å². The number of pyridine rings is 1. The van der Waals surface area contributed by atoms with E-state index in [9.17, 15) is 18.0 Å². The molecule has 5 nitrogen and oxygen atoms in total. The van der Waals surface area contributed by atoms with Crippen molar-refractivity contribution in [3.05, 3.63) is 29.6 Å².